The Balaban J connectivity index is 1.90. The van der Waals surface area contributed by atoms with Crippen LogP contribution < -0.4 is 4.18 Å². The van der Waals surface area contributed by atoms with Gasteiger partial charge in [0, 0.05) is 0 Å². The Bertz CT molecular complexity index is 1720. The fraction of sp³-hybridized carbons (Fsp3) is 0.0769. The molecule has 0 saturated heterocycles. The third kappa shape index (κ3) is 5.06. The zero-order valence-corrected chi connectivity index (χ0v) is 21.8. The van der Waals surface area contributed by atoms with E-state index in [0.29, 0.717) is 0 Å². The Morgan fingerprint density at radius 2 is 0.972 bits per heavy atom. The molecule has 0 heterocycles. The molecular weight excluding hydrogens is 520 g/mol. The predicted octanol–water partition coefficient (Wildman–Crippen LogP) is 4.74. The van der Waals surface area contributed by atoms with Crippen molar-refractivity contribution in [2.75, 3.05) is 0 Å². The fourth-order valence-corrected chi connectivity index (χ4v) is 7.17. The van der Waals surface area contributed by atoms with Crippen molar-refractivity contribution in [3.63, 3.8) is 0 Å². The van der Waals surface area contributed by atoms with Gasteiger partial charge in [-0.05, 0) is 68.4 Å². The van der Waals surface area contributed by atoms with E-state index in [0.717, 1.165) is 29.3 Å². The van der Waals surface area contributed by atoms with Crippen molar-refractivity contribution in [1.82, 2.24) is 0 Å². The van der Waals surface area contributed by atoms with Gasteiger partial charge in [0.2, 0.25) is 19.7 Å². The van der Waals surface area contributed by atoms with Gasteiger partial charge in [0.25, 0.3) is 0 Å². The minimum atomic E-state index is -4.40. The molecule has 0 aromatic heterocycles. The Hall–Kier alpha value is -3.47. The van der Waals surface area contributed by atoms with Gasteiger partial charge in [-0.2, -0.15) is 8.42 Å². The van der Waals surface area contributed by atoms with Crippen molar-refractivity contribution in [2.24, 2.45) is 0 Å². The smallest absolute Gasteiger partial charge is 0.339 e. The van der Waals surface area contributed by atoms with Gasteiger partial charge in [-0.3, -0.25) is 0 Å². The highest BCUT2D eigenvalue weighted by Gasteiger charge is 2.29. The maximum absolute atomic E-state index is 13.6. The average Bonchev–Trinajstić information content (AvgIpc) is 2.85. The number of sulfone groups is 2. The van der Waals surface area contributed by atoms with Crippen LogP contribution in [-0.4, -0.2) is 25.3 Å². The van der Waals surface area contributed by atoms with Crippen LogP contribution in [0.5, 0.6) is 5.75 Å². The van der Waals surface area contributed by atoms with E-state index in [1.165, 1.54) is 48.5 Å². The molecule has 186 valence electrons. The molecule has 36 heavy (non-hydrogen) atoms. The third-order valence-corrected chi connectivity index (χ3v) is 10.2. The largest absolute Gasteiger partial charge is 0.378 e. The molecule has 10 heteroatoms. The lowest BCUT2D eigenvalue weighted by Gasteiger charge is -2.14. The fourth-order valence-electron chi connectivity index (χ4n) is 3.39. The molecule has 0 unspecified atom stereocenters. The summed E-state index contributed by atoms with van der Waals surface area (Å²) in [5.41, 5.74) is 1.67. The second-order valence-corrected chi connectivity index (χ2v) is 13.5. The molecule has 0 radical (unpaired) electrons. The Labute approximate surface area is 211 Å². The standard InChI is InChI=1S/C26H22O7S3/c1-19-8-12-21(13-9-19)34(27,28)24-16-17-25(33-36(31,32)23-6-4-3-5-7-23)26(18-24)35(29,30)22-14-10-20(2)11-15-22/h3-18H,1-2H3. The van der Waals surface area contributed by atoms with Crippen LogP contribution in [-0.2, 0) is 29.8 Å². The normalized spacial score (nSPS) is 12.3. The van der Waals surface area contributed by atoms with Crippen molar-refractivity contribution in [1.29, 1.82) is 0 Å². The summed E-state index contributed by atoms with van der Waals surface area (Å²) in [6, 6.07) is 22.3. The number of benzene rings is 4. The lowest BCUT2D eigenvalue weighted by Crippen LogP contribution is -2.14. The molecule has 4 aromatic rings. The second-order valence-electron chi connectivity index (χ2n) is 8.09. The molecule has 7 nitrogen and oxygen atoms in total. The summed E-state index contributed by atoms with van der Waals surface area (Å²) < 4.78 is 84.7. The summed E-state index contributed by atoms with van der Waals surface area (Å²) in [6.07, 6.45) is 0. The van der Waals surface area contributed by atoms with Gasteiger partial charge in [0.1, 0.15) is 9.79 Å². The summed E-state index contributed by atoms with van der Waals surface area (Å²) in [5.74, 6) is -0.512. The van der Waals surface area contributed by atoms with Crippen LogP contribution in [0, 0.1) is 13.8 Å². The molecule has 4 aromatic carbocycles. The van der Waals surface area contributed by atoms with Crippen LogP contribution in [0.4, 0.5) is 0 Å². The Kier molecular flexibility index (Phi) is 6.78. The number of aryl methyl sites for hydroxylation is 2. The van der Waals surface area contributed by atoms with E-state index in [-0.39, 0.29) is 19.6 Å². The van der Waals surface area contributed by atoms with E-state index < -0.39 is 40.4 Å². The SMILES string of the molecule is Cc1ccc(S(=O)(=O)c2ccc(OS(=O)(=O)c3ccccc3)c(S(=O)(=O)c3ccc(C)cc3)c2)cc1. The van der Waals surface area contributed by atoms with Crippen LogP contribution in [0.3, 0.4) is 0 Å². The first-order chi connectivity index (χ1) is 16.9. The molecule has 0 amide bonds. The maximum atomic E-state index is 13.6. The van der Waals surface area contributed by atoms with Crippen molar-refractivity contribution in [3.05, 3.63) is 108 Å². The number of hydrogen-bond donors (Lipinski definition) is 0. The third-order valence-electron chi connectivity index (χ3n) is 5.41. The van der Waals surface area contributed by atoms with Crippen molar-refractivity contribution < 1.29 is 29.4 Å². The first kappa shape index (κ1) is 25.6. The molecule has 4 rings (SSSR count). The van der Waals surface area contributed by atoms with E-state index in [2.05, 4.69) is 0 Å². The molecule has 0 bridgehead atoms. The van der Waals surface area contributed by atoms with Gasteiger partial charge >= 0.3 is 10.1 Å². The van der Waals surface area contributed by atoms with Gasteiger partial charge in [-0.1, -0.05) is 53.6 Å². The molecule has 0 N–H and O–H groups in total. The summed E-state index contributed by atoms with van der Waals surface area (Å²) in [7, 11) is -12.9. The summed E-state index contributed by atoms with van der Waals surface area (Å²) in [5, 5.41) is 0. The average molecular weight is 543 g/mol. The monoisotopic (exact) mass is 542 g/mol. The molecule has 0 spiro atoms. The molecular formula is C26H22O7S3. The van der Waals surface area contributed by atoms with Crippen molar-refractivity contribution >= 4 is 29.8 Å². The van der Waals surface area contributed by atoms with E-state index in [9.17, 15) is 25.3 Å². The quantitative estimate of drug-likeness (QED) is 0.310. The lowest BCUT2D eigenvalue weighted by molar-refractivity contribution is 0.478. The highest BCUT2D eigenvalue weighted by molar-refractivity contribution is 7.92. The predicted molar refractivity (Wildman–Crippen MR) is 134 cm³/mol. The van der Waals surface area contributed by atoms with Gasteiger partial charge in [-0.25, -0.2) is 16.8 Å². The first-order valence-electron chi connectivity index (χ1n) is 10.7. The van der Waals surface area contributed by atoms with Crippen LogP contribution in [0.2, 0.25) is 0 Å². The second kappa shape index (κ2) is 9.53. The van der Waals surface area contributed by atoms with E-state index in [1.54, 1.807) is 37.3 Å². The first-order valence-corrected chi connectivity index (χ1v) is 15.1. The van der Waals surface area contributed by atoms with Crippen LogP contribution in [0.25, 0.3) is 0 Å². The van der Waals surface area contributed by atoms with Gasteiger partial charge in [-0.15, -0.1) is 0 Å². The Morgan fingerprint density at radius 3 is 1.50 bits per heavy atom. The minimum absolute atomic E-state index is 0.0302. The highest BCUT2D eigenvalue weighted by atomic mass is 32.2. The van der Waals surface area contributed by atoms with Crippen LogP contribution in [0.15, 0.2) is 122 Å². The van der Waals surface area contributed by atoms with Gasteiger partial charge in [0.15, 0.2) is 5.75 Å². The lowest BCUT2D eigenvalue weighted by atomic mass is 10.2. The van der Waals surface area contributed by atoms with E-state index in [1.807, 2.05) is 6.92 Å². The topological polar surface area (TPSA) is 112 Å². The zero-order chi connectivity index (χ0) is 26.1. The molecule has 0 atom stereocenters. The van der Waals surface area contributed by atoms with Crippen LogP contribution in [0.1, 0.15) is 11.1 Å². The summed E-state index contributed by atoms with van der Waals surface area (Å²) in [6.45, 7) is 3.59. The summed E-state index contributed by atoms with van der Waals surface area (Å²) in [4.78, 5) is -1.25. The Morgan fingerprint density at radius 1 is 0.500 bits per heavy atom. The molecule has 0 fully saturated rings. The van der Waals surface area contributed by atoms with Crippen LogP contribution >= 0.6 is 0 Å². The zero-order valence-electron chi connectivity index (χ0n) is 19.3. The highest BCUT2D eigenvalue weighted by Crippen LogP contribution is 2.35. The molecule has 0 aliphatic heterocycles. The van der Waals surface area contributed by atoms with E-state index in [4.69, 9.17) is 4.18 Å². The van der Waals surface area contributed by atoms with Gasteiger partial charge in [0.05, 0.1) is 14.7 Å². The molecule has 0 aliphatic rings. The molecule has 0 saturated carbocycles. The minimum Gasteiger partial charge on any atom is -0.378 e. The summed E-state index contributed by atoms with van der Waals surface area (Å²) >= 11 is 0. The van der Waals surface area contributed by atoms with Crippen molar-refractivity contribution in [2.45, 2.75) is 38.3 Å². The number of hydrogen-bond acceptors (Lipinski definition) is 7. The maximum Gasteiger partial charge on any atom is 0.339 e. The molecule has 0 aliphatic carbocycles. The van der Waals surface area contributed by atoms with Crippen molar-refractivity contribution in [3.8, 4) is 5.75 Å². The van der Waals surface area contributed by atoms with E-state index >= 15 is 0 Å². The number of rotatable bonds is 7. The van der Waals surface area contributed by atoms with Gasteiger partial charge < -0.3 is 4.18 Å².